The van der Waals surface area contributed by atoms with E-state index < -0.39 is 24.0 Å². The molecule has 0 radical (unpaired) electrons. The second kappa shape index (κ2) is 10.3. The third kappa shape index (κ3) is 4.63. The van der Waals surface area contributed by atoms with E-state index in [9.17, 15) is 19.5 Å². The smallest absolute Gasteiger partial charge is 0.407 e. The number of aliphatic carboxylic acids is 1. The lowest BCUT2D eigenvalue weighted by atomic mass is 9.98. The normalized spacial score (nSPS) is 19.9. The topological polar surface area (TPSA) is 105 Å². The van der Waals surface area contributed by atoms with E-state index in [-0.39, 0.29) is 44.0 Å². The number of fused-ring (bicyclic) bond motifs is 3. The molecule has 8 nitrogen and oxygen atoms in total. The molecule has 0 saturated carbocycles. The van der Waals surface area contributed by atoms with Crippen LogP contribution < -0.4 is 5.32 Å². The van der Waals surface area contributed by atoms with Crippen LogP contribution in [0.4, 0.5) is 4.79 Å². The number of ether oxygens (including phenoxy) is 2. The maximum atomic E-state index is 13.0. The second-order valence-corrected chi connectivity index (χ2v) is 8.75. The molecule has 1 fully saturated rings. The van der Waals surface area contributed by atoms with Crippen LogP contribution in [-0.2, 0) is 19.1 Å². The Morgan fingerprint density at radius 3 is 2.26 bits per heavy atom. The van der Waals surface area contributed by atoms with Crippen LogP contribution in [0, 0.1) is 5.92 Å². The molecule has 2 aromatic carbocycles. The molecule has 0 bridgehead atoms. The van der Waals surface area contributed by atoms with Crippen molar-refractivity contribution in [3.63, 3.8) is 0 Å². The molecule has 3 atom stereocenters. The van der Waals surface area contributed by atoms with Crippen molar-refractivity contribution in [3.05, 3.63) is 59.7 Å². The summed E-state index contributed by atoms with van der Waals surface area (Å²) < 4.78 is 10.8. The van der Waals surface area contributed by atoms with E-state index in [4.69, 9.17) is 9.47 Å². The molecule has 2 N–H and O–H groups in total. The summed E-state index contributed by atoms with van der Waals surface area (Å²) in [5, 5.41) is 12.2. The fourth-order valence-electron chi connectivity index (χ4n) is 4.94. The van der Waals surface area contributed by atoms with Crippen LogP contribution in [0.25, 0.3) is 11.1 Å². The van der Waals surface area contributed by atoms with Gasteiger partial charge in [-0.1, -0.05) is 55.5 Å². The number of likely N-dealkylation sites (tertiary alicyclic amines) is 1. The highest BCUT2D eigenvalue weighted by atomic mass is 16.5. The minimum atomic E-state index is -1.05. The van der Waals surface area contributed by atoms with Crippen molar-refractivity contribution < 1.29 is 29.0 Å². The molecule has 2 aromatic rings. The third-order valence-electron chi connectivity index (χ3n) is 6.84. The Morgan fingerprint density at radius 2 is 1.71 bits per heavy atom. The number of carbonyl (C=O) groups is 3. The van der Waals surface area contributed by atoms with Crippen LogP contribution in [0.15, 0.2) is 48.5 Å². The lowest BCUT2D eigenvalue weighted by molar-refractivity contribution is -0.149. The minimum Gasteiger partial charge on any atom is -0.480 e. The van der Waals surface area contributed by atoms with E-state index in [0.29, 0.717) is 6.42 Å². The first-order valence-electron chi connectivity index (χ1n) is 11.6. The monoisotopic (exact) mass is 466 g/mol. The van der Waals surface area contributed by atoms with Gasteiger partial charge in [-0.05, 0) is 28.7 Å². The molecule has 1 aliphatic heterocycles. The number of alkyl carbamates (subject to hydrolysis) is 1. The average Bonchev–Trinajstić information content (AvgIpc) is 3.43. The standard InChI is InChI=1S/C26H30N2O6/c1-3-16(24(29)28-14-17(33-2)12-23(28)25(30)31)13-27-26(32)34-15-22-20-10-6-4-8-18(20)19-9-5-7-11-21(19)22/h4-11,16-17,22-23H,3,12-15H2,1-2H3,(H,27,32)(H,30,31). The lowest BCUT2D eigenvalue weighted by Gasteiger charge is -2.26. The zero-order valence-electron chi connectivity index (χ0n) is 19.4. The fourth-order valence-corrected chi connectivity index (χ4v) is 4.94. The van der Waals surface area contributed by atoms with Crippen LogP contribution in [-0.4, -0.2) is 66.9 Å². The summed E-state index contributed by atoms with van der Waals surface area (Å²) in [6, 6.07) is 15.3. The first-order chi connectivity index (χ1) is 16.4. The fraction of sp³-hybridized carbons (Fsp3) is 0.423. The maximum Gasteiger partial charge on any atom is 0.407 e. The Bertz CT molecular complexity index is 1030. The van der Waals surface area contributed by atoms with Gasteiger partial charge in [0.25, 0.3) is 0 Å². The number of methoxy groups -OCH3 is 1. The van der Waals surface area contributed by atoms with Crippen molar-refractivity contribution in [1.29, 1.82) is 0 Å². The summed E-state index contributed by atoms with van der Waals surface area (Å²) in [6.07, 6.45) is -0.187. The number of benzene rings is 2. The van der Waals surface area contributed by atoms with Crippen LogP contribution in [0.1, 0.15) is 36.8 Å². The van der Waals surface area contributed by atoms with Crippen molar-refractivity contribution in [2.45, 2.75) is 37.8 Å². The Balaban J connectivity index is 1.35. The molecule has 180 valence electrons. The zero-order chi connectivity index (χ0) is 24.2. The highest BCUT2D eigenvalue weighted by Crippen LogP contribution is 2.44. The van der Waals surface area contributed by atoms with Gasteiger partial charge in [0.1, 0.15) is 12.6 Å². The zero-order valence-corrected chi connectivity index (χ0v) is 19.4. The van der Waals surface area contributed by atoms with E-state index >= 15 is 0 Å². The molecule has 1 aliphatic carbocycles. The molecule has 0 spiro atoms. The summed E-state index contributed by atoms with van der Waals surface area (Å²) in [4.78, 5) is 38.5. The molecule has 4 rings (SSSR count). The number of nitrogens with one attached hydrogen (secondary N) is 1. The Labute approximate surface area is 198 Å². The summed E-state index contributed by atoms with van der Waals surface area (Å²) in [5.41, 5.74) is 4.55. The van der Waals surface area contributed by atoms with E-state index in [0.717, 1.165) is 22.3 Å². The summed E-state index contributed by atoms with van der Waals surface area (Å²) in [5.74, 6) is -1.94. The molecule has 1 saturated heterocycles. The van der Waals surface area contributed by atoms with E-state index in [1.54, 1.807) is 0 Å². The largest absolute Gasteiger partial charge is 0.480 e. The van der Waals surface area contributed by atoms with Gasteiger partial charge in [0.05, 0.1) is 12.0 Å². The first-order valence-corrected chi connectivity index (χ1v) is 11.6. The van der Waals surface area contributed by atoms with E-state index in [1.165, 1.54) is 12.0 Å². The lowest BCUT2D eigenvalue weighted by Crippen LogP contribution is -2.46. The number of carboxylic acid groups (broad SMARTS) is 1. The van der Waals surface area contributed by atoms with Crippen molar-refractivity contribution in [3.8, 4) is 11.1 Å². The van der Waals surface area contributed by atoms with Gasteiger partial charge in [-0.15, -0.1) is 0 Å². The third-order valence-corrected chi connectivity index (χ3v) is 6.84. The molecule has 3 unspecified atom stereocenters. The highest BCUT2D eigenvalue weighted by Gasteiger charge is 2.41. The molecular weight excluding hydrogens is 436 g/mol. The molecule has 2 aliphatic rings. The SMILES string of the molecule is CCC(CNC(=O)OCC1c2ccccc2-c2ccccc21)C(=O)N1CC(OC)CC1C(=O)O. The Hall–Kier alpha value is -3.39. The van der Waals surface area contributed by atoms with Crippen molar-refractivity contribution >= 4 is 18.0 Å². The van der Waals surface area contributed by atoms with Crippen LogP contribution >= 0.6 is 0 Å². The number of hydrogen-bond donors (Lipinski definition) is 2. The summed E-state index contributed by atoms with van der Waals surface area (Å²) in [7, 11) is 1.51. The molecule has 34 heavy (non-hydrogen) atoms. The van der Waals surface area contributed by atoms with Crippen LogP contribution in [0.3, 0.4) is 0 Å². The molecular formula is C26H30N2O6. The summed E-state index contributed by atoms with van der Waals surface area (Å²) in [6.45, 7) is 2.33. The first kappa shape index (κ1) is 23.8. The Kier molecular flexibility index (Phi) is 7.17. The predicted octanol–water partition coefficient (Wildman–Crippen LogP) is 3.25. The highest BCUT2D eigenvalue weighted by molar-refractivity contribution is 5.86. The minimum absolute atomic E-state index is 0.0475. The number of carboxylic acids is 1. The molecule has 2 amide bonds. The number of carbonyl (C=O) groups excluding carboxylic acids is 2. The van der Waals surface area contributed by atoms with Gasteiger partial charge in [-0.3, -0.25) is 4.79 Å². The van der Waals surface area contributed by atoms with E-state index in [2.05, 4.69) is 29.6 Å². The van der Waals surface area contributed by atoms with Gasteiger partial charge in [-0.25, -0.2) is 9.59 Å². The average molecular weight is 467 g/mol. The predicted molar refractivity (Wildman–Crippen MR) is 125 cm³/mol. The molecule has 0 aromatic heterocycles. The van der Waals surface area contributed by atoms with Crippen molar-refractivity contribution in [1.82, 2.24) is 10.2 Å². The molecule has 1 heterocycles. The second-order valence-electron chi connectivity index (χ2n) is 8.75. The van der Waals surface area contributed by atoms with Crippen molar-refractivity contribution in [2.75, 3.05) is 26.8 Å². The quantitative estimate of drug-likeness (QED) is 0.619. The number of hydrogen-bond acceptors (Lipinski definition) is 5. The van der Waals surface area contributed by atoms with E-state index in [1.807, 2.05) is 31.2 Å². The van der Waals surface area contributed by atoms with Gasteiger partial charge in [0.2, 0.25) is 5.91 Å². The summed E-state index contributed by atoms with van der Waals surface area (Å²) >= 11 is 0. The Morgan fingerprint density at radius 1 is 1.09 bits per heavy atom. The number of nitrogens with zero attached hydrogens (tertiary/aromatic N) is 1. The van der Waals surface area contributed by atoms with Gasteiger partial charge in [0, 0.05) is 32.5 Å². The van der Waals surface area contributed by atoms with Crippen molar-refractivity contribution in [2.24, 2.45) is 5.92 Å². The maximum absolute atomic E-state index is 13.0. The van der Waals surface area contributed by atoms with Crippen LogP contribution in [0.5, 0.6) is 0 Å². The van der Waals surface area contributed by atoms with Crippen LogP contribution in [0.2, 0.25) is 0 Å². The van der Waals surface area contributed by atoms with Gasteiger partial charge < -0.3 is 24.8 Å². The van der Waals surface area contributed by atoms with Gasteiger partial charge >= 0.3 is 12.1 Å². The number of amides is 2. The van der Waals surface area contributed by atoms with Gasteiger partial charge in [-0.2, -0.15) is 0 Å². The van der Waals surface area contributed by atoms with Gasteiger partial charge in [0.15, 0.2) is 0 Å². The number of rotatable bonds is 8. The molecule has 8 heteroatoms.